The first kappa shape index (κ1) is 12.2. The molecule has 0 saturated carbocycles. The van der Waals surface area contributed by atoms with Crippen molar-refractivity contribution in [2.75, 3.05) is 5.32 Å². The molecule has 0 bridgehead atoms. The van der Waals surface area contributed by atoms with E-state index in [1.165, 1.54) is 11.1 Å². The summed E-state index contributed by atoms with van der Waals surface area (Å²) in [6.07, 6.45) is 1.81. The predicted octanol–water partition coefficient (Wildman–Crippen LogP) is 3.41. The van der Waals surface area contributed by atoms with Gasteiger partial charge in [-0.2, -0.15) is 5.10 Å². The Morgan fingerprint density at radius 2 is 2.12 bits per heavy atom. The zero-order valence-electron chi connectivity index (χ0n) is 10.3. The molecule has 0 unspecified atom stereocenters. The number of aryl methyl sites for hydroxylation is 3. The number of hydrogen-bond acceptors (Lipinski definition) is 2. The zero-order chi connectivity index (χ0) is 12.4. The number of aromatic nitrogens is 2. The molecule has 90 valence electrons. The van der Waals surface area contributed by atoms with Crippen LogP contribution in [0.2, 0.25) is 0 Å². The van der Waals surface area contributed by atoms with Crippen LogP contribution in [0.5, 0.6) is 0 Å². The molecule has 4 heteroatoms. The number of halogens is 1. The summed E-state index contributed by atoms with van der Waals surface area (Å²) in [6.45, 7) is 4.99. The molecule has 0 radical (unpaired) electrons. The van der Waals surface area contributed by atoms with Crippen LogP contribution in [0, 0.1) is 13.8 Å². The van der Waals surface area contributed by atoms with Crippen molar-refractivity contribution in [1.29, 1.82) is 0 Å². The highest BCUT2D eigenvalue weighted by atomic mass is 79.9. The van der Waals surface area contributed by atoms with Gasteiger partial charge < -0.3 is 5.32 Å². The van der Waals surface area contributed by atoms with Gasteiger partial charge in [0.1, 0.15) is 0 Å². The Morgan fingerprint density at radius 1 is 1.35 bits per heavy atom. The lowest BCUT2D eigenvalue weighted by atomic mass is 10.1. The topological polar surface area (TPSA) is 29.9 Å². The number of nitrogens with zero attached hydrogens (tertiary/aromatic N) is 2. The van der Waals surface area contributed by atoms with E-state index in [4.69, 9.17) is 0 Å². The minimum Gasteiger partial charge on any atom is -0.378 e. The first-order chi connectivity index (χ1) is 8.08. The minimum atomic E-state index is 0.777. The lowest BCUT2D eigenvalue weighted by Crippen LogP contribution is -2.06. The molecule has 0 aliphatic rings. The molecule has 0 amide bonds. The summed E-state index contributed by atoms with van der Waals surface area (Å²) in [4.78, 5) is 0. The van der Waals surface area contributed by atoms with E-state index in [9.17, 15) is 0 Å². The Labute approximate surface area is 110 Å². The van der Waals surface area contributed by atoms with E-state index in [2.05, 4.69) is 52.3 Å². The third kappa shape index (κ3) is 2.69. The molecule has 2 rings (SSSR count). The van der Waals surface area contributed by atoms with Crippen LogP contribution >= 0.6 is 15.9 Å². The average Bonchev–Trinajstić information content (AvgIpc) is 2.62. The molecule has 1 heterocycles. The van der Waals surface area contributed by atoms with Gasteiger partial charge >= 0.3 is 0 Å². The maximum Gasteiger partial charge on any atom is 0.0571 e. The van der Waals surface area contributed by atoms with Gasteiger partial charge in [-0.05, 0) is 53.0 Å². The van der Waals surface area contributed by atoms with Crippen molar-refractivity contribution in [1.82, 2.24) is 9.78 Å². The Kier molecular flexibility index (Phi) is 3.52. The molecular formula is C13H16BrN3. The van der Waals surface area contributed by atoms with E-state index >= 15 is 0 Å². The van der Waals surface area contributed by atoms with Gasteiger partial charge in [0.15, 0.2) is 0 Å². The van der Waals surface area contributed by atoms with Crippen molar-refractivity contribution >= 4 is 21.6 Å². The lowest BCUT2D eigenvalue weighted by molar-refractivity contribution is 0.720. The van der Waals surface area contributed by atoms with Gasteiger partial charge in [-0.25, -0.2) is 0 Å². The van der Waals surface area contributed by atoms with Crippen LogP contribution in [0.4, 0.5) is 5.69 Å². The molecule has 0 fully saturated rings. The van der Waals surface area contributed by atoms with Gasteiger partial charge in [0, 0.05) is 17.7 Å². The molecule has 0 atom stereocenters. The second-order valence-corrected chi connectivity index (χ2v) is 5.09. The van der Waals surface area contributed by atoms with Crippen LogP contribution in [0.25, 0.3) is 0 Å². The molecule has 1 aromatic heterocycles. The predicted molar refractivity (Wildman–Crippen MR) is 74.2 cm³/mol. The molecule has 0 spiro atoms. The summed E-state index contributed by atoms with van der Waals surface area (Å²) in [5.41, 5.74) is 4.83. The second kappa shape index (κ2) is 4.92. The molecule has 1 aromatic carbocycles. The van der Waals surface area contributed by atoms with E-state index in [0.717, 1.165) is 22.4 Å². The van der Waals surface area contributed by atoms with Gasteiger partial charge in [0.2, 0.25) is 0 Å². The fraction of sp³-hybridized carbons (Fsp3) is 0.308. The highest BCUT2D eigenvalue weighted by Crippen LogP contribution is 2.28. The number of nitrogens with one attached hydrogen (secondary N) is 1. The summed E-state index contributed by atoms with van der Waals surface area (Å²) in [5, 5.41) is 7.60. The smallest absolute Gasteiger partial charge is 0.0571 e. The number of benzene rings is 1. The van der Waals surface area contributed by atoms with Gasteiger partial charge in [0.25, 0.3) is 0 Å². The zero-order valence-corrected chi connectivity index (χ0v) is 11.9. The first-order valence-electron chi connectivity index (χ1n) is 5.55. The van der Waals surface area contributed by atoms with Gasteiger partial charge in [-0.3, -0.25) is 4.68 Å². The molecule has 1 N–H and O–H groups in total. The van der Waals surface area contributed by atoms with Gasteiger partial charge in [0.05, 0.1) is 17.9 Å². The Bertz CT molecular complexity index is 508. The maximum absolute atomic E-state index is 4.15. The van der Waals surface area contributed by atoms with Crippen molar-refractivity contribution in [2.24, 2.45) is 7.05 Å². The van der Waals surface area contributed by atoms with Crippen LogP contribution in [-0.4, -0.2) is 9.78 Å². The molecule has 0 saturated heterocycles. The number of anilines is 1. The molecule has 3 nitrogen and oxygen atoms in total. The van der Waals surface area contributed by atoms with Crippen molar-refractivity contribution < 1.29 is 0 Å². The summed E-state index contributed by atoms with van der Waals surface area (Å²) in [6, 6.07) is 6.32. The molecular weight excluding hydrogens is 278 g/mol. The lowest BCUT2D eigenvalue weighted by Gasteiger charge is -2.12. The Balaban J connectivity index is 2.17. The normalized spacial score (nSPS) is 10.6. The fourth-order valence-electron chi connectivity index (χ4n) is 1.89. The largest absolute Gasteiger partial charge is 0.378 e. The number of hydrogen-bond donors (Lipinski definition) is 1. The fourth-order valence-corrected chi connectivity index (χ4v) is 2.71. The first-order valence-corrected chi connectivity index (χ1v) is 6.34. The van der Waals surface area contributed by atoms with Crippen LogP contribution in [-0.2, 0) is 13.6 Å². The highest BCUT2D eigenvalue weighted by molar-refractivity contribution is 9.10. The minimum absolute atomic E-state index is 0.777. The second-order valence-electron chi connectivity index (χ2n) is 4.24. The average molecular weight is 294 g/mol. The Hall–Kier alpha value is -1.29. The van der Waals surface area contributed by atoms with Crippen LogP contribution in [0.1, 0.15) is 16.8 Å². The highest BCUT2D eigenvalue weighted by Gasteiger charge is 2.05. The van der Waals surface area contributed by atoms with Crippen molar-refractivity contribution in [2.45, 2.75) is 20.4 Å². The van der Waals surface area contributed by atoms with Crippen LogP contribution < -0.4 is 5.32 Å². The molecule has 0 aliphatic heterocycles. The maximum atomic E-state index is 4.15. The standard InChI is InChI=1S/C13H16BrN3/c1-9-6-10(2)13(12(14)7-9)15-8-11-4-5-16-17(11)3/h4-7,15H,8H2,1-3H3. The van der Waals surface area contributed by atoms with E-state index in [1.54, 1.807) is 0 Å². The molecule has 0 aliphatic carbocycles. The molecule has 17 heavy (non-hydrogen) atoms. The van der Waals surface area contributed by atoms with Crippen molar-refractivity contribution in [3.8, 4) is 0 Å². The molecule has 2 aromatic rings. The third-order valence-electron chi connectivity index (χ3n) is 2.80. The van der Waals surface area contributed by atoms with E-state index in [0.29, 0.717) is 0 Å². The third-order valence-corrected chi connectivity index (χ3v) is 3.43. The van der Waals surface area contributed by atoms with E-state index in [1.807, 2.05) is 24.0 Å². The van der Waals surface area contributed by atoms with Crippen LogP contribution in [0.3, 0.4) is 0 Å². The SMILES string of the molecule is Cc1cc(C)c(NCc2ccnn2C)c(Br)c1. The van der Waals surface area contributed by atoms with Gasteiger partial charge in [-0.1, -0.05) is 6.07 Å². The Morgan fingerprint density at radius 3 is 2.71 bits per heavy atom. The summed E-state index contributed by atoms with van der Waals surface area (Å²) < 4.78 is 2.99. The quantitative estimate of drug-likeness (QED) is 0.940. The van der Waals surface area contributed by atoms with Gasteiger partial charge in [-0.15, -0.1) is 0 Å². The number of rotatable bonds is 3. The monoisotopic (exact) mass is 293 g/mol. The van der Waals surface area contributed by atoms with Crippen molar-refractivity contribution in [3.63, 3.8) is 0 Å². The summed E-state index contributed by atoms with van der Waals surface area (Å²) in [5.74, 6) is 0. The summed E-state index contributed by atoms with van der Waals surface area (Å²) in [7, 11) is 1.95. The van der Waals surface area contributed by atoms with E-state index < -0.39 is 0 Å². The van der Waals surface area contributed by atoms with Crippen LogP contribution in [0.15, 0.2) is 28.9 Å². The van der Waals surface area contributed by atoms with Crippen molar-refractivity contribution in [3.05, 3.63) is 45.7 Å². The summed E-state index contributed by atoms with van der Waals surface area (Å²) >= 11 is 3.60. The van der Waals surface area contributed by atoms with E-state index in [-0.39, 0.29) is 0 Å².